The Bertz CT molecular complexity index is 1040. The third kappa shape index (κ3) is 5.05. The largest absolute Gasteiger partial charge is 0.370 e. The van der Waals surface area contributed by atoms with Crippen molar-refractivity contribution in [2.45, 2.75) is 12.6 Å². The molecule has 8 heteroatoms. The van der Waals surface area contributed by atoms with Gasteiger partial charge in [-0.15, -0.1) is 0 Å². The van der Waals surface area contributed by atoms with E-state index in [1.807, 2.05) is 0 Å². The lowest BCUT2D eigenvalue weighted by Gasteiger charge is -2.15. The van der Waals surface area contributed by atoms with Crippen molar-refractivity contribution in [1.82, 2.24) is 5.32 Å². The molecule has 6 nitrogen and oxygen atoms in total. The van der Waals surface area contributed by atoms with E-state index in [2.05, 4.69) is 5.32 Å². The first-order valence-corrected chi connectivity index (χ1v) is 9.13. The second kappa shape index (κ2) is 9.11. The number of aromatic nitrogens is 1. The number of benzene rings is 2. The van der Waals surface area contributed by atoms with Gasteiger partial charge in [-0.2, -0.15) is 4.57 Å². The molecular weight excluding hydrogens is 393 g/mol. The van der Waals surface area contributed by atoms with Gasteiger partial charge in [0.15, 0.2) is 17.4 Å². The highest BCUT2D eigenvalue weighted by atomic mass is 32.1. The smallest absolute Gasteiger partial charge is 0.270 e. The summed E-state index contributed by atoms with van der Waals surface area (Å²) in [6.45, 7) is 0.311. The van der Waals surface area contributed by atoms with Gasteiger partial charge < -0.3 is 5.32 Å². The third-order valence-electron chi connectivity index (χ3n) is 4.25. The summed E-state index contributed by atoms with van der Waals surface area (Å²) in [5.74, 6) is -0.712. The van der Waals surface area contributed by atoms with Crippen molar-refractivity contribution >= 4 is 28.7 Å². The molecule has 29 heavy (non-hydrogen) atoms. The van der Waals surface area contributed by atoms with E-state index >= 15 is 0 Å². The fraction of sp³-hybridized carbons (Fsp3) is 0.0952. The number of pyridine rings is 1. The number of hydrogen-bond donors (Lipinski definition) is 1. The zero-order chi connectivity index (χ0) is 20.8. The zero-order valence-corrected chi connectivity index (χ0v) is 16.0. The van der Waals surface area contributed by atoms with Crippen LogP contribution in [-0.2, 0) is 6.54 Å². The maximum atomic E-state index is 13.2. The van der Waals surface area contributed by atoms with Gasteiger partial charge in [0.05, 0.1) is 4.92 Å². The highest BCUT2D eigenvalue weighted by molar-refractivity contribution is 7.80. The lowest BCUT2D eigenvalue weighted by atomic mass is 10.0. The Morgan fingerprint density at radius 1 is 1.10 bits per heavy atom. The molecule has 0 bridgehead atoms. The summed E-state index contributed by atoms with van der Waals surface area (Å²) in [6.07, 6.45) is 3.40. The normalized spacial score (nSPS) is 11.5. The summed E-state index contributed by atoms with van der Waals surface area (Å²) < 4.78 is 14.7. The van der Waals surface area contributed by atoms with Crippen molar-refractivity contribution < 1.29 is 18.7 Å². The number of hydrogen-bond acceptors (Lipinski definition) is 4. The van der Waals surface area contributed by atoms with Gasteiger partial charge in [0, 0.05) is 36.4 Å². The van der Waals surface area contributed by atoms with Crippen molar-refractivity contribution in [3.63, 3.8) is 0 Å². The molecule has 0 amide bonds. The second-order valence-corrected chi connectivity index (χ2v) is 6.68. The molecule has 1 aromatic heterocycles. The van der Waals surface area contributed by atoms with Gasteiger partial charge in [-0.25, -0.2) is 4.39 Å². The number of nitrogens with one attached hydrogen (secondary N) is 1. The fourth-order valence-corrected chi connectivity index (χ4v) is 3.09. The quantitative estimate of drug-likeness (QED) is 0.212. The van der Waals surface area contributed by atoms with Crippen molar-refractivity contribution in [2.24, 2.45) is 0 Å². The standard InChI is InChI=1S/C21H16FN3O3S/c22-17-9-7-15(8-10-17)14-23-21(29)19(24-11-2-1-3-12-24)20(26)16-5-4-6-18(13-16)25(27)28/h1-13,19H,14H2/p+1/t19-/m0/s1. The molecule has 0 unspecified atom stereocenters. The van der Waals surface area contributed by atoms with Gasteiger partial charge >= 0.3 is 0 Å². The first-order valence-electron chi connectivity index (χ1n) is 8.72. The van der Waals surface area contributed by atoms with Gasteiger partial charge in [-0.05, 0) is 17.7 Å². The number of thiocarbonyl (C=S) groups is 1. The van der Waals surface area contributed by atoms with Gasteiger partial charge in [-0.3, -0.25) is 14.9 Å². The van der Waals surface area contributed by atoms with Crippen molar-refractivity contribution in [1.29, 1.82) is 0 Å². The molecule has 0 aliphatic carbocycles. The number of carbonyl (C=O) groups excluding carboxylic acids is 1. The van der Waals surface area contributed by atoms with Crippen molar-refractivity contribution in [3.05, 3.63) is 106 Å². The third-order valence-corrected chi connectivity index (χ3v) is 4.62. The summed E-state index contributed by atoms with van der Waals surface area (Å²) in [7, 11) is 0. The Hall–Kier alpha value is -3.52. The Labute approximate surface area is 171 Å². The van der Waals surface area contributed by atoms with Crippen molar-refractivity contribution in [2.75, 3.05) is 0 Å². The number of halogens is 1. The minimum absolute atomic E-state index is 0.169. The average Bonchev–Trinajstić information content (AvgIpc) is 2.74. The molecule has 0 aliphatic rings. The average molecular weight is 410 g/mol. The lowest BCUT2D eigenvalue weighted by molar-refractivity contribution is -0.692. The number of nitro groups is 1. The number of ketones is 1. The first-order chi connectivity index (χ1) is 14.0. The van der Waals surface area contributed by atoms with E-state index in [1.54, 1.807) is 47.3 Å². The molecule has 0 saturated heterocycles. The molecule has 146 valence electrons. The molecule has 1 atom stereocenters. The molecule has 0 spiro atoms. The summed E-state index contributed by atoms with van der Waals surface area (Å²) in [5.41, 5.74) is 0.817. The predicted octanol–water partition coefficient (Wildman–Crippen LogP) is 3.56. The van der Waals surface area contributed by atoms with Crippen LogP contribution in [0.15, 0.2) is 79.1 Å². The highest BCUT2D eigenvalue weighted by Gasteiger charge is 2.33. The van der Waals surface area contributed by atoms with E-state index in [-0.39, 0.29) is 27.8 Å². The Morgan fingerprint density at radius 2 is 1.79 bits per heavy atom. The lowest BCUT2D eigenvalue weighted by Crippen LogP contribution is -2.51. The molecule has 0 aliphatic heterocycles. The molecule has 0 radical (unpaired) electrons. The topological polar surface area (TPSA) is 76.1 Å². The summed E-state index contributed by atoms with van der Waals surface area (Å²) in [4.78, 5) is 24.0. The van der Waals surface area contributed by atoms with Crippen LogP contribution in [0.2, 0.25) is 0 Å². The van der Waals surface area contributed by atoms with Gasteiger partial charge in [-0.1, -0.05) is 42.5 Å². The fourth-order valence-electron chi connectivity index (χ4n) is 2.79. The molecule has 1 heterocycles. The second-order valence-electron chi connectivity index (χ2n) is 6.24. The number of carbonyl (C=O) groups is 1. The van der Waals surface area contributed by atoms with Crippen LogP contribution < -0.4 is 9.88 Å². The summed E-state index contributed by atoms with van der Waals surface area (Å²) in [5, 5.41) is 14.1. The van der Waals surface area contributed by atoms with Gasteiger partial charge in [0.2, 0.25) is 5.78 Å². The Balaban J connectivity index is 1.87. The maximum absolute atomic E-state index is 13.2. The number of rotatable bonds is 7. The number of Topliss-reactive ketones (excluding diaryl/α,β-unsaturated/α-hetero) is 1. The molecule has 3 aromatic rings. The van der Waals surface area contributed by atoms with Crippen LogP contribution in [0.25, 0.3) is 0 Å². The monoisotopic (exact) mass is 410 g/mol. The van der Waals surface area contributed by atoms with Crippen LogP contribution in [0.4, 0.5) is 10.1 Å². The first kappa shape index (κ1) is 20.2. The molecule has 3 rings (SSSR count). The summed E-state index contributed by atoms with van der Waals surface area (Å²) in [6, 6.07) is 15.9. The number of nitrogens with zero attached hydrogens (tertiary/aromatic N) is 2. The van der Waals surface area contributed by atoms with E-state index < -0.39 is 11.0 Å². The van der Waals surface area contributed by atoms with Crippen LogP contribution in [0.3, 0.4) is 0 Å². The predicted molar refractivity (Wildman–Crippen MR) is 109 cm³/mol. The SMILES string of the molecule is O=C(c1cccc([N+](=O)[O-])c1)[C@@H](C(=S)NCc1ccc(F)cc1)[n+]1ccccc1. The van der Waals surface area contributed by atoms with Gasteiger partial charge in [0.1, 0.15) is 5.82 Å². The minimum Gasteiger partial charge on any atom is -0.370 e. The molecule has 1 N–H and O–H groups in total. The molecular formula is C21H17FN3O3S+. The van der Waals surface area contributed by atoms with Crippen molar-refractivity contribution in [3.8, 4) is 0 Å². The molecule has 0 fully saturated rings. The van der Waals surface area contributed by atoms with Crippen LogP contribution in [-0.4, -0.2) is 15.7 Å². The minimum atomic E-state index is -0.881. The summed E-state index contributed by atoms with van der Waals surface area (Å²) >= 11 is 5.48. The van der Waals surface area contributed by atoms with E-state index in [0.717, 1.165) is 5.56 Å². The van der Waals surface area contributed by atoms with E-state index in [1.165, 1.54) is 36.4 Å². The van der Waals surface area contributed by atoms with Crippen LogP contribution in [0, 0.1) is 15.9 Å². The number of nitro benzene ring substituents is 1. The van der Waals surface area contributed by atoms with Crippen LogP contribution in [0.5, 0.6) is 0 Å². The van der Waals surface area contributed by atoms with E-state index in [4.69, 9.17) is 12.2 Å². The Morgan fingerprint density at radius 3 is 2.45 bits per heavy atom. The molecule has 0 saturated carbocycles. The maximum Gasteiger partial charge on any atom is 0.270 e. The van der Waals surface area contributed by atoms with Crippen LogP contribution in [0.1, 0.15) is 22.0 Å². The zero-order valence-electron chi connectivity index (χ0n) is 15.2. The molecule has 2 aromatic carbocycles. The number of non-ortho nitro benzene ring substituents is 1. The van der Waals surface area contributed by atoms with Gasteiger partial charge in [0.25, 0.3) is 11.7 Å². The Kier molecular flexibility index (Phi) is 6.36. The van der Waals surface area contributed by atoms with Crippen LogP contribution >= 0.6 is 12.2 Å². The van der Waals surface area contributed by atoms with E-state index in [0.29, 0.717) is 6.54 Å². The van der Waals surface area contributed by atoms with E-state index in [9.17, 15) is 19.3 Å². The highest BCUT2D eigenvalue weighted by Crippen LogP contribution is 2.17.